The summed E-state index contributed by atoms with van der Waals surface area (Å²) in [5.74, 6) is -0.379. The highest BCUT2D eigenvalue weighted by molar-refractivity contribution is 7.16. The van der Waals surface area contributed by atoms with Gasteiger partial charge < -0.3 is 9.80 Å². The number of likely N-dealkylation sites (tertiary alicyclic amines) is 1. The molecule has 1 aliphatic heterocycles. The average molecular weight is 452 g/mol. The third-order valence-corrected chi connectivity index (χ3v) is 6.78. The second kappa shape index (κ2) is 10.0. The van der Waals surface area contributed by atoms with E-state index in [1.54, 1.807) is 24.4 Å². The van der Waals surface area contributed by atoms with Crippen molar-refractivity contribution in [2.75, 3.05) is 19.6 Å². The highest BCUT2D eigenvalue weighted by Crippen LogP contribution is 2.29. The fourth-order valence-electron chi connectivity index (χ4n) is 4.11. The molecule has 0 saturated carbocycles. The van der Waals surface area contributed by atoms with Crippen LogP contribution in [-0.4, -0.2) is 52.3 Å². The summed E-state index contributed by atoms with van der Waals surface area (Å²) < 4.78 is 14.1. The summed E-state index contributed by atoms with van der Waals surface area (Å²) in [7, 11) is 0. The molecule has 0 radical (unpaired) electrons. The van der Waals surface area contributed by atoms with Crippen LogP contribution in [0.4, 0.5) is 4.39 Å². The highest BCUT2D eigenvalue weighted by Gasteiger charge is 2.31. The van der Waals surface area contributed by atoms with E-state index < -0.39 is 0 Å². The molecule has 0 N–H and O–H groups in total. The van der Waals surface area contributed by atoms with Crippen LogP contribution in [0, 0.1) is 5.82 Å². The molecule has 1 aliphatic rings. The van der Waals surface area contributed by atoms with E-state index >= 15 is 0 Å². The van der Waals surface area contributed by atoms with E-state index in [4.69, 9.17) is 0 Å². The molecule has 0 unspecified atom stereocenters. The molecule has 1 fully saturated rings. The average Bonchev–Trinajstić information content (AvgIpc) is 3.33. The topological polar surface area (TPSA) is 53.5 Å². The molecule has 32 heavy (non-hydrogen) atoms. The van der Waals surface area contributed by atoms with Crippen molar-refractivity contribution < 1.29 is 14.0 Å². The number of carbonyl (C=O) groups is 2. The summed E-state index contributed by atoms with van der Waals surface area (Å²) in [6, 6.07) is 15.8. The fourth-order valence-corrected chi connectivity index (χ4v) is 5.01. The second-order valence-corrected chi connectivity index (χ2v) is 8.93. The van der Waals surface area contributed by atoms with Gasteiger partial charge in [0.25, 0.3) is 11.8 Å². The highest BCUT2D eigenvalue weighted by atomic mass is 32.1. The number of rotatable bonds is 6. The predicted molar refractivity (Wildman–Crippen MR) is 124 cm³/mol. The molecule has 2 amide bonds. The molecule has 1 aromatic heterocycles. The summed E-state index contributed by atoms with van der Waals surface area (Å²) in [6.45, 7) is 3.93. The van der Waals surface area contributed by atoms with Crippen molar-refractivity contribution in [1.29, 1.82) is 0 Å². The lowest BCUT2D eigenvalue weighted by Crippen LogP contribution is -2.49. The van der Waals surface area contributed by atoms with Gasteiger partial charge in [0.05, 0.1) is 6.20 Å². The molecular formula is C25H26FN3O2S. The third-order valence-electron chi connectivity index (χ3n) is 5.76. The van der Waals surface area contributed by atoms with Crippen LogP contribution >= 0.6 is 11.3 Å². The zero-order chi connectivity index (χ0) is 22.5. The van der Waals surface area contributed by atoms with Crippen LogP contribution in [0.5, 0.6) is 0 Å². The Kier molecular flexibility index (Phi) is 6.95. The van der Waals surface area contributed by atoms with Gasteiger partial charge >= 0.3 is 0 Å². The first-order valence-corrected chi connectivity index (χ1v) is 11.8. The quantitative estimate of drug-likeness (QED) is 0.524. The van der Waals surface area contributed by atoms with Crippen molar-refractivity contribution in [2.24, 2.45) is 0 Å². The van der Waals surface area contributed by atoms with Crippen LogP contribution in [0.25, 0.3) is 10.6 Å². The van der Waals surface area contributed by atoms with Gasteiger partial charge in [-0.15, -0.1) is 11.3 Å². The van der Waals surface area contributed by atoms with Gasteiger partial charge in [0.15, 0.2) is 0 Å². The number of piperidine rings is 1. The van der Waals surface area contributed by atoms with E-state index in [9.17, 15) is 14.0 Å². The maximum atomic E-state index is 14.1. The summed E-state index contributed by atoms with van der Waals surface area (Å²) in [6.07, 6.45) is 3.87. The molecule has 3 aromatic rings. The Bertz CT molecular complexity index is 1080. The van der Waals surface area contributed by atoms with Crippen LogP contribution in [0.15, 0.2) is 60.8 Å². The molecule has 7 heteroatoms. The Hall–Kier alpha value is -3.06. The first kappa shape index (κ1) is 22.1. The lowest BCUT2D eigenvalue weighted by Gasteiger charge is -2.38. The monoisotopic (exact) mass is 451 g/mol. The maximum Gasteiger partial charge on any atom is 0.265 e. The van der Waals surface area contributed by atoms with Gasteiger partial charge in [-0.05, 0) is 43.5 Å². The zero-order valence-electron chi connectivity index (χ0n) is 18.0. The summed E-state index contributed by atoms with van der Waals surface area (Å²) >= 11 is 1.22. The van der Waals surface area contributed by atoms with E-state index in [0.717, 1.165) is 19.3 Å². The number of halogens is 1. The second-order valence-electron chi connectivity index (χ2n) is 7.90. The molecule has 0 atom stereocenters. The van der Waals surface area contributed by atoms with Crippen molar-refractivity contribution in [3.05, 3.63) is 77.1 Å². The molecule has 0 bridgehead atoms. The van der Waals surface area contributed by atoms with Gasteiger partial charge in [-0.1, -0.05) is 37.3 Å². The van der Waals surface area contributed by atoms with Crippen molar-refractivity contribution in [3.63, 3.8) is 0 Å². The Morgan fingerprint density at radius 2 is 1.78 bits per heavy atom. The molecular weight excluding hydrogens is 425 g/mol. The molecule has 4 rings (SSSR count). The summed E-state index contributed by atoms with van der Waals surface area (Å²) in [4.78, 5) is 34.6. The van der Waals surface area contributed by atoms with E-state index in [1.165, 1.54) is 17.4 Å². The van der Waals surface area contributed by atoms with Crippen molar-refractivity contribution in [2.45, 2.75) is 32.2 Å². The number of nitrogens with zero attached hydrogens (tertiary/aromatic N) is 3. The van der Waals surface area contributed by atoms with Crippen molar-refractivity contribution in [3.8, 4) is 10.6 Å². The third kappa shape index (κ3) is 4.72. The summed E-state index contributed by atoms with van der Waals surface area (Å²) in [5, 5.41) is 0.506. The van der Waals surface area contributed by atoms with Crippen LogP contribution in [0.2, 0.25) is 0 Å². The fraction of sp³-hybridized carbons (Fsp3) is 0.320. The number of thiazole rings is 1. The predicted octanol–water partition coefficient (Wildman–Crippen LogP) is 5.11. The van der Waals surface area contributed by atoms with E-state index in [1.807, 2.05) is 47.1 Å². The minimum absolute atomic E-state index is 0.0365. The largest absolute Gasteiger partial charge is 0.338 e. The lowest BCUT2D eigenvalue weighted by atomic mass is 10.0. The number of hydrogen-bond acceptors (Lipinski definition) is 4. The van der Waals surface area contributed by atoms with Crippen LogP contribution in [-0.2, 0) is 0 Å². The Labute approximate surface area is 191 Å². The molecule has 0 spiro atoms. The number of amides is 2. The lowest BCUT2D eigenvalue weighted by molar-refractivity contribution is 0.0522. The number of hydrogen-bond donors (Lipinski definition) is 0. The van der Waals surface area contributed by atoms with Gasteiger partial charge in [0.2, 0.25) is 0 Å². The Morgan fingerprint density at radius 3 is 2.47 bits per heavy atom. The maximum absolute atomic E-state index is 14.1. The minimum Gasteiger partial charge on any atom is -0.338 e. The first-order chi connectivity index (χ1) is 15.6. The van der Waals surface area contributed by atoms with Crippen molar-refractivity contribution >= 4 is 23.2 Å². The smallest absolute Gasteiger partial charge is 0.265 e. The SMILES string of the molecule is CCCN(C(=O)c1cnc(-c2ccccc2F)s1)C1CCN(C(=O)c2ccccc2)CC1. The molecule has 0 aliphatic carbocycles. The van der Waals surface area contributed by atoms with Gasteiger partial charge in [-0.25, -0.2) is 9.37 Å². The van der Waals surface area contributed by atoms with Crippen molar-refractivity contribution in [1.82, 2.24) is 14.8 Å². The van der Waals surface area contributed by atoms with E-state index in [-0.39, 0.29) is 23.7 Å². The van der Waals surface area contributed by atoms with Crippen LogP contribution < -0.4 is 0 Å². The summed E-state index contributed by atoms with van der Waals surface area (Å²) in [5.41, 5.74) is 1.10. The molecule has 166 valence electrons. The van der Waals surface area contributed by atoms with E-state index in [2.05, 4.69) is 4.98 Å². The van der Waals surface area contributed by atoms with Gasteiger partial charge in [0.1, 0.15) is 15.7 Å². The van der Waals surface area contributed by atoms with Crippen LogP contribution in [0.3, 0.4) is 0 Å². The van der Waals surface area contributed by atoms with Gasteiger partial charge in [-0.3, -0.25) is 9.59 Å². The molecule has 2 heterocycles. The normalized spacial score (nSPS) is 14.4. The number of carbonyl (C=O) groups excluding carboxylic acids is 2. The Morgan fingerprint density at radius 1 is 1.09 bits per heavy atom. The molecule has 5 nitrogen and oxygen atoms in total. The standard InChI is InChI=1S/C25H26FN3O2S/c1-2-14-29(19-12-15-28(16-13-19)24(30)18-8-4-3-5-9-18)25(31)22-17-27-23(32-22)20-10-6-7-11-21(20)26/h3-11,17,19H,2,12-16H2,1H3. The minimum atomic E-state index is -0.346. The van der Waals surface area contributed by atoms with Gasteiger partial charge in [0, 0.05) is 36.8 Å². The van der Waals surface area contributed by atoms with Crippen LogP contribution in [0.1, 0.15) is 46.2 Å². The first-order valence-electron chi connectivity index (χ1n) is 10.9. The molecule has 1 saturated heterocycles. The zero-order valence-corrected chi connectivity index (χ0v) is 18.9. The number of aromatic nitrogens is 1. The molecule has 2 aromatic carbocycles. The van der Waals surface area contributed by atoms with Gasteiger partial charge in [-0.2, -0.15) is 0 Å². The Balaban J connectivity index is 1.45. The van der Waals surface area contributed by atoms with E-state index in [0.29, 0.717) is 40.6 Å². The number of benzene rings is 2.